The van der Waals surface area contributed by atoms with Crippen molar-refractivity contribution in [3.8, 4) is 11.3 Å². The Morgan fingerprint density at radius 1 is 0.938 bits per heavy atom. The minimum Gasteiger partial charge on any atom is -0.355 e. The Morgan fingerprint density at radius 2 is 1.62 bits per heavy atom. The van der Waals surface area contributed by atoms with E-state index in [0.29, 0.717) is 17.7 Å². The quantitative estimate of drug-likeness (QED) is 0.500. The summed E-state index contributed by atoms with van der Waals surface area (Å²) in [4.78, 5) is 31.7. The van der Waals surface area contributed by atoms with Crippen molar-refractivity contribution < 1.29 is 9.59 Å². The molecule has 2 amide bonds. The first kappa shape index (κ1) is 21.2. The van der Waals surface area contributed by atoms with Crippen molar-refractivity contribution in [3.05, 3.63) is 101 Å². The molecule has 4 aromatic rings. The Kier molecular flexibility index (Phi) is 5.99. The van der Waals surface area contributed by atoms with Crippen molar-refractivity contribution in [2.24, 2.45) is 0 Å². The molecule has 0 saturated carbocycles. The highest BCUT2D eigenvalue weighted by atomic mass is 16.2. The largest absolute Gasteiger partial charge is 0.355 e. The maximum absolute atomic E-state index is 13.5. The lowest BCUT2D eigenvalue weighted by Crippen LogP contribution is -2.26. The van der Waals surface area contributed by atoms with Gasteiger partial charge in [-0.3, -0.25) is 9.59 Å². The molecule has 5 nitrogen and oxygen atoms in total. The summed E-state index contributed by atoms with van der Waals surface area (Å²) in [6, 6.07) is 25.0. The van der Waals surface area contributed by atoms with Crippen LogP contribution in [-0.2, 0) is 6.54 Å². The van der Waals surface area contributed by atoms with Crippen LogP contribution >= 0.6 is 0 Å². The zero-order valence-electron chi connectivity index (χ0n) is 18.4. The first-order chi connectivity index (χ1) is 15.5. The van der Waals surface area contributed by atoms with Crippen LogP contribution in [0.15, 0.2) is 78.9 Å². The highest BCUT2D eigenvalue weighted by Crippen LogP contribution is 2.26. The van der Waals surface area contributed by atoms with Crippen molar-refractivity contribution in [3.63, 3.8) is 0 Å². The predicted octanol–water partition coefficient (Wildman–Crippen LogP) is 4.84. The van der Waals surface area contributed by atoms with E-state index in [4.69, 9.17) is 4.98 Å². The van der Waals surface area contributed by atoms with Crippen LogP contribution in [0.4, 0.5) is 0 Å². The van der Waals surface area contributed by atoms with Gasteiger partial charge in [-0.2, -0.15) is 0 Å². The molecule has 1 aromatic heterocycles. The fraction of sp³-hybridized carbons (Fsp3) is 0.148. The van der Waals surface area contributed by atoms with Gasteiger partial charge in [0.15, 0.2) is 0 Å². The SMILES string of the molecule is CNC(=O)c1ccc(CN(C)C(=O)c2cc(-c3ccc(C)cc3)nc3ccccc23)cc1. The normalized spacial score (nSPS) is 10.7. The van der Waals surface area contributed by atoms with E-state index in [9.17, 15) is 9.59 Å². The molecule has 0 radical (unpaired) electrons. The molecule has 4 rings (SSSR count). The summed E-state index contributed by atoms with van der Waals surface area (Å²) < 4.78 is 0. The second-order valence-electron chi connectivity index (χ2n) is 7.88. The van der Waals surface area contributed by atoms with Gasteiger partial charge in [0.1, 0.15) is 0 Å². The molecule has 5 heteroatoms. The number of hydrogen-bond donors (Lipinski definition) is 1. The maximum Gasteiger partial charge on any atom is 0.254 e. The Morgan fingerprint density at radius 3 is 2.31 bits per heavy atom. The fourth-order valence-electron chi connectivity index (χ4n) is 3.68. The number of para-hydroxylation sites is 1. The van der Waals surface area contributed by atoms with E-state index in [1.807, 2.05) is 73.7 Å². The standard InChI is InChI=1S/C27H25N3O2/c1-18-8-12-20(13-9-18)25-16-23(22-6-4-5-7-24(22)29-25)27(32)30(3)17-19-10-14-21(15-11-19)26(31)28-2/h4-16H,17H2,1-3H3,(H,28,31). The van der Waals surface area contributed by atoms with Gasteiger partial charge >= 0.3 is 0 Å². The van der Waals surface area contributed by atoms with Crippen molar-refractivity contribution in [2.45, 2.75) is 13.5 Å². The number of nitrogens with zero attached hydrogens (tertiary/aromatic N) is 2. The Balaban J connectivity index is 1.66. The maximum atomic E-state index is 13.5. The van der Waals surface area contributed by atoms with Crippen LogP contribution in [0.1, 0.15) is 31.8 Å². The van der Waals surface area contributed by atoms with Gasteiger partial charge in [-0.05, 0) is 36.8 Å². The fourth-order valence-corrected chi connectivity index (χ4v) is 3.68. The van der Waals surface area contributed by atoms with E-state index < -0.39 is 0 Å². The first-order valence-electron chi connectivity index (χ1n) is 10.5. The molecule has 0 fully saturated rings. The monoisotopic (exact) mass is 423 g/mol. The highest BCUT2D eigenvalue weighted by molar-refractivity contribution is 6.07. The zero-order valence-corrected chi connectivity index (χ0v) is 18.4. The lowest BCUT2D eigenvalue weighted by atomic mass is 10.0. The molecule has 32 heavy (non-hydrogen) atoms. The predicted molar refractivity (Wildman–Crippen MR) is 128 cm³/mol. The van der Waals surface area contributed by atoms with Crippen LogP contribution in [0.5, 0.6) is 0 Å². The highest BCUT2D eigenvalue weighted by Gasteiger charge is 2.18. The second kappa shape index (κ2) is 9.02. The van der Waals surface area contributed by atoms with E-state index in [-0.39, 0.29) is 11.8 Å². The van der Waals surface area contributed by atoms with Crippen LogP contribution in [0.3, 0.4) is 0 Å². The average molecular weight is 424 g/mol. The van der Waals surface area contributed by atoms with E-state index >= 15 is 0 Å². The molecule has 0 aliphatic rings. The summed E-state index contributed by atoms with van der Waals surface area (Å²) in [5.41, 5.74) is 5.87. The van der Waals surface area contributed by atoms with Gasteiger partial charge in [0.2, 0.25) is 0 Å². The van der Waals surface area contributed by atoms with Crippen LogP contribution in [0.25, 0.3) is 22.2 Å². The van der Waals surface area contributed by atoms with Gasteiger partial charge in [0, 0.05) is 37.2 Å². The molecule has 0 saturated heterocycles. The number of nitrogens with one attached hydrogen (secondary N) is 1. The Bertz CT molecular complexity index is 1280. The summed E-state index contributed by atoms with van der Waals surface area (Å²) in [7, 11) is 3.39. The van der Waals surface area contributed by atoms with Crippen LogP contribution in [0.2, 0.25) is 0 Å². The van der Waals surface area contributed by atoms with E-state index in [1.165, 1.54) is 5.56 Å². The molecule has 0 bridgehead atoms. The number of rotatable bonds is 5. The number of fused-ring (bicyclic) bond motifs is 1. The van der Waals surface area contributed by atoms with Crippen LogP contribution < -0.4 is 5.32 Å². The number of carbonyl (C=O) groups is 2. The molecule has 0 aliphatic carbocycles. The molecule has 0 spiro atoms. The summed E-state index contributed by atoms with van der Waals surface area (Å²) >= 11 is 0. The number of carbonyl (C=O) groups excluding carboxylic acids is 2. The number of hydrogen-bond acceptors (Lipinski definition) is 3. The zero-order chi connectivity index (χ0) is 22.7. The van der Waals surface area contributed by atoms with Crippen molar-refractivity contribution in [2.75, 3.05) is 14.1 Å². The van der Waals surface area contributed by atoms with E-state index in [2.05, 4.69) is 5.32 Å². The lowest BCUT2D eigenvalue weighted by molar-refractivity contribution is 0.0786. The topological polar surface area (TPSA) is 62.3 Å². The van der Waals surface area contributed by atoms with Crippen LogP contribution in [-0.4, -0.2) is 35.8 Å². The van der Waals surface area contributed by atoms with Gasteiger partial charge in [-0.1, -0.05) is 60.2 Å². The van der Waals surface area contributed by atoms with Gasteiger partial charge in [0.25, 0.3) is 11.8 Å². The van der Waals surface area contributed by atoms with Crippen molar-refractivity contribution in [1.82, 2.24) is 15.2 Å². The molecular formula is C27H25N3O2. The minimum absolute atomic E-state index is 0.0765. The third-order valence-electron chi connectivity index (χ3n) is 5.50. The van der Waals surface area contributed by atoms with Gasteiger partial charge in [-0.25, -0.2) is 4.98 Å². The average Bonchev–Trinajstić information content (AvgIpc) is 2.83. The molecule has 0 atom stereocenters. The first-order valence-corrected chi connectivity index (χ1v) is 10.5. The van der Waals surface area contributed by atoms with Gasteiger partial charge in [-0.15, -0.1) is 0 Å². The summed E-state index contributed by atoms with van der Waals surface area (Å²) in [6.07, 6.45) is 0. The Labute approximate surface area is 187 Å². The number of aryl methyl sites for hydroxylation is 1. The molecular weight excluding hydrogens is 398 g/mol. The number of pyridine rings is 1. The van der Waals surface area contributed by atoms with Crippen LogP contribution in [0, 0.1) is 6.92 Å². The summed E-state index contributed by atoms with van der Waals surface area (Å²) in [6.45, 7) is 2.48. The number of amides is 2. The third kappa shape index (κ3) is 4.37. The van der Waals surface area contributed by atoms with Gasteiger partial charge < -0.3 is 10.2 Å². The second-order valence-corrected chi connectivity index (χ2v) is 7.88. The molecule has 1 N–H and O–H groups in total. The van der Waals surface area contributed by atoms with E-state index in [1.54, 1.807) is 31.1 Å². The molecule has 0 aliphatic heterocycles. The molecule has 160 valence electrons. The molecule has 0 unspecified atom stereocenters. The van der Waals surface area contributed by atoms with Crippen molar-refractivity contribution >= 4 is 22.7 Å². The number of aromatic nitrogens is 1. The summed E-state index contributed by atoms with van der Waals surface area (Å²) in [5.74, 6) is -0.208. The summed E-state index contributed by atoms with van der Waals surface area (Å²) in [5, 5.41) is 3.44. The molecule has 1 heterocycles. The third-order valence-corrected chi connectivity index (χ3v) is 5.50. The van der Waals surface area contributed by atoms with E-state index in [0.717, 1.165) is 27.7 Å². The number of benzene rings is 3. The molecule has 3 aromatic carbocycles. The minimum atomic E-state index is -0.132. The lowest BCUT2D eigenvalue weighted by Gasteiger charge is -2.19. The van der Waals surface area contributed by atoms with Gasteiger partial charge in [0.05, 0.1) is 16.8 Å². The van der Waals surface area contributed by atoms with Crippen molar-refractivity contribution in [1.29, 1.82) is 0 Å². The smallest absolute Gasteiger partial charge is 0.254 e. The Hall–Kier alpha value is -3.99.